The third-order valence-corrected chi connectivity index (χ3v) is 4.44. The summed E-state index contributed by atoms with van der Waals surface area (Å²) in [6, 6.07) is 22.6. The number of fused-ring (bicyclic) bond motifs is 1. The number of anilines is 1. The van der Waals surface area contributed by atoms with Gasteiger partial charge in [-0.25, -0.2) is 0 Å². The molecule has 0 fully saturated rings. The van der Waals surface area contributed by atoms with Crippen molar-refractivity contribution in [3.63, 3.8) is 0 Å². The van der Waals surface area contributed by atoms with Crippen LogP contribution in [0.1, 0.15) is 26.3 Å². The van der Waals surface area contributed by atoms with Gasteiger partial charge in [0.05, 0.1) is 5.76 Å². The first-order valence-corrected chi connectivity index (χ1v) is 9.26. The molecule has 3 aromatic rings. The molecule has 0 spiro atoms. The van der Waals surface area contributed by atoms with Crippen LogP contribution in [0.3, 0.4) is 0 Å². The number of hydrogen-bond acceptors (Lipinski definition) is 3. The van der Waals surface area contributed by atoms with Crippen LogP contribution < -0.4 is 10.1 Å². The smallest absolute Gasteiger partial charge is 0.119 e. The Labute approximate surface area is 161 Å². The average Bonchev–Trinajstić information content (AvgIpc) is 2.66. The maximum atomic E-state index is 9.95. The molecule has 27 heavy (non-hydrogen) atoms. The second-order valence-electron chi connectivity index (χ2n) is 7.71. The highest BCUT2D eigenvalue weighted by atomic mass is 16.5. The number of ether oxygens (including phenoxy) is 1. The fourth-order valence-corrected chi connectivity index (χ4v) is 2.74. The quantitative estimate of drug-likeness (QED) is 0.505. The molecular formula is C24H27NO2. The van der Waals surface area contributed by atoms with E-state index in [1.54, 1.807) is 0 Å². The third kappa shape index (κ3) is 5.27. The highest BCUT2D eigenvalue weighted by Gasteiger charge is 2.14. The number of rotatable bonds is 6. The normalized spacial score (nSPS) is 12.2. The van der Waals surface area contributed by atoms with Gasteiger partial charge >= 0.3 is 0 Å². The van der Waals surface area contributed by atoms with Crippen LogP contribution in [-0.2, 0) is 6.61 Å². The molecule has 0 saturated heterocycles. The van der Waals surface area contributed by atoms with Gasteiger partial charge in [0.1, 0.15) is 12.4 Å². The minimum Gasteiger partial charge on any atom is -0.512 e. The molecule has 0 amide bonds. The molecular weight excluding hydrogens is 334 g/mol. The first-order valence-electron chi connectivity index (χ1n) is 9.26. The fraction of sp³-hybridized carbons (Fsp3) is 0.250. The van der Waals surface area contributed by atoms with Crippen LogP contribution in [0.15, 0.2) is 78.6 Å². The van der Waals surface area contributed by atoms with Crippen molar-refractivity contribution in [2.24, 2.45) is 5.41 Å². The third-order valence-electron chi connectivity index (χ3n) is 4.44. The van der Waals surface area contributed by atoms with Crippen LogP contribution in [0.5, 0.6) is 5.75 Å². The minimum atomic E-state index is -0.220. The molecule has 0 radical (unpaired) electrons. The molecule has 0 aliphatic rings. The summed E-state index contributed by atoms with van der Waals surface area (Å²) in [5.41, 5.74) is 1.92. The minimum absolute atomic E-state index is 0.220. The summed E-state index contributed by atoms with van der Waals surface area (Å²) in [7, 11) is 0. The second-order valence-corrected chi connectivity index (χ2v) is 7.71. The largest absolute Gasteiger partial charge is 0.512 e. The predicted molar refractivity (Wildman–Crippen MR) is 113 cm³/mol. The van der Waals surface area contributed by atoms with Gasteiger partial charge in [-0.05, 0) is 52.7 Å². The fourth-order valence-electron chi connectivity index (χ4n) is 2.74. The maximum Gasteiger partial charge on any atom is 0.119 e. The Kier molecular flexibility index (Phi) is 5.70. The number of hydrogen-bond donors (Lipinski definition) is 2. The monoisotopic (exact) mass is 361 g/mol. The Hall–Kier alpha value is -2.94. The Bertz CT molecular complexity index is 921. The predicted octanol–water partition coefficient (Wildman–Crippen LogP) is 6.32. The van der Waals surface area contributed by atoms with Gasteiger partial charge < -0.3 is 15.2 Å². The molecule has 3 aromatic carbocycles. The molecule has 3 heteroatoms. The van der Waals surface area contributed by atoms with Gasteiger partial charge in [-0.1, -0.05) is 57.2 Å². The second kappa shape index (κ2) is 8.17. The first-order chi connectivity index (χ1) is 12.9. The number of aliphatic hydroxyl groups excluding tert-OH is 1. The van der Waals surface area contributed by atoms with E-state index in [2.05, 4.69) is 41.7 Å². The van der Waals surface area contributed by atoms with Gasteiger partial charge in [-0.15, -0.1) is 0 Å². The standard InChI is InChI=1S/C24H27NO2/c1-24(2,3)23(26)14-15-25-21-10-12-22(13-11-21)27-17-18-8-9-19-6-4-5-7-20(19)16-18/h4-14,16,25-26H,15,17H2,1-3H3/b23-14-. The Morgan fingerprint density at radius 3 is 2.37 bits per heavy atom. The van der Waals surface area contributed by atoms with Crippen LogP contribution in [0.4, 0.5) is 5.69 Å². The molecule has 0 heterocycles. The van der Waals surface area contributed by atoms with Crippen molar-refractivity contribution in [1.29, 1.82) is 0 Å². The van der Waals surface area contributed by atoms with Gasteiger partial charge in [0.15, 0.2) is 0 Å². The van der Waals surface area contributed by atoms with Crippen molar-refractivity contribution in [2.45, 2.75) is 27.4 Å². The Morgan fingerprint density at radius 2 is 1.67 bits per heavy atom. The van der Waals surface area contributed by atoms with E-state index < -0.39 is 0 Å². The van der Waals surface area contributed by atoms with Gasteiger partial charge in [0.2, 0.25) is 0 Å². The summed E-state index contributed by atoms with van der Waals surface area (Å²) in [4.78, 5) is 0. The van der Waals surface area contributed by atoms with E-state index >= 15 is 0 Å². The van der Waals surface area contributed by atoms with E-state index in [0.717, 1.165) is 17.0 Å². The highest BCUT2D eigenvalue weighted by Crippen LogP contribution is 2.23. The molecule has 140 valence electrons. The highest BCUT2D eigenvalue weighted by molar-refractivity contribution is 5.82. The molecule has 0 unspecified atom stereocenters. The summed E-state index contributed by atoms with van der Waals surface area (Å²) >= 11 is 0. The van der Waals surface area contributed by atoms with Gasteiger partial charge in [-0.2, -0.15) is 0 Å². The summed E-state index contributed by atoms with van der Waals surface area (Å²) in [5, 5.41) is 15.7. The Balaban J connectivity index is 1.54. The molecule has 0 aliphatic carbocycles. The zero-order valence-corrected chi connectivity index (χ0v) is 16.2. The Morgan fingerprint density at radius 1 is 0.963 bits per heavy atom. The van der Waals surface area contributed by atoms with E-state index in [4.69, 9.17) is 4.74 Å². The van der Waals surface area contributed by atoms with Crippen molar-refractivity contribution >= 4 is 16.5 Å². The lowest BCUT2D eigenvalue weighted by Crippen LogP contribution is -2.10. The van der Waals surface area contributed by atoms with E-state index in [0.29, 0.717) is 18.9 Å². The van der Waals surface area contributed by atoms with Crippen molar-refractivity contribution in [3.8, 4) is 5.75 Å². The first kappa shape index (κ1) is 18.8. The van der Waals surface area contributed by atoms with Gasteiger partial charge in [0.25, 0.3) is 0 Å². The number of benzene rings is 3. The molecule has 0 saturated carbocycles. The molecule has 3 rings (SSSR count). The van der Waals surface area contributed by atoms with E-state index in [1.165, 1.54) is 10.8 Å². The summed E-state index contributed by atoms with van der Waals surface area (Å²) in [6.45, 7) is 7.09. The van der Waals surface area contributed by atoms with Crippen LogP contribution in [-0.4, -0.2) is 11.7 Å². The molecule has 0 bridgehead atoms. The van der Waals surface area contributed by atoms with Crippen molar-refractivity contribution < 1.29 is 9.84 Å². The average molecular weight is 361 g/mol. The van der Waals surface area contributed by atoms with Crippen LogP contribution in [0, 0.1) is 5.41 Å². The lowest BCUT2D eigenvalue weighted by Gasteiger charge is -2.17. The van der Waals surface area contributed by atoms with Gasteiger partial charge in [-0.3, -0.25) is 0 Å². The van der Waals surface area contributed by atoms with Crippen molar-refractivity contribution in [3.05, 3.63) is 84.1 Å². The van der Waals surface area contributed by atoms with Crippen LogP contribution in [0.2, 0.25) is 0 Å². The van der Waals surface area contributed by atoms with Crippen molar-refractivity contribution in [2.75, 3.05) is 11.9 Å². The lowest BCUT2D eigenvalue weighted by atomic mass is 9.94. The van der Waals surface area contributed by atoms with Crippen LogP contribution >= 0.6 is 0 Å². The summed E-state index contributed by atoms with van der Waals surface area (Å²) in [6.07, 6.45) is 1.81. The zero-order chi connectivity index (χ0) is 19.3. The van der Waals surface area contributed by atoms with E-state index in [1.807, 2.05) is 57.2 Å². The number of allylic oxidation sites excluding steroid dienone is 1. The molecule has 0 aromatic heterocycles. The summed E-state index contributed by atoms with van der Waals surface area (Å²) < 4.78 is 5.90. The number of aliphatic hydroxyl groups is 1. The van der Waals surface area contributed by atoms with Gasteiger partial charge in [0, 0.05) is 17.6 Å². The summed E-state index contributed by atoms with van der Waals surface area (Å²) in [5.74, 6) is 1.23. The zero-order valence-electron chi connectivity index (χ0n) is 16.2. The number of nitrogens with one attached hydrogen (secondary N) is 1. The van der Waals surface area contributed by atoms with E-state index in [-0.39, 0.29) is 5.41 Å². The topological polar surface area (TPSA) is 41.5 Å². The maximum absolute atomic E-state index is 9.95. The SMILES string of the molecule is CC(C)(C)/C(O)=C/CNc1ccc(OCc2ccc3ccccc3c2)cc1. The molecule has 0 aliphatic heterocycles. The molecule has 0 atom stereocenters. The molecule has 2 N–H and O–H groups in total. The molecule has 3 nitrogen and oxygen atoms in total. The lowest BCUT2D eigenvalue weighted by molar-refractivity contribution is 0.276. The van der Waals surface area contributed by atoms with Crippen LogP contribution in [0.25, 0.3) is 10.8 Å². The van der Waals surface area contributed by atoms with E-state index in [9.17, 15) is 5.11 Å². The van der Waals surface area contributed by atoms with Crippen molar-refractivity contribution in [1.82, 2.24) is 0 Å².